The predicted molar refractivity (Wildman–Crippen MR) is 97.2 cm³/mol. The van der Waals surface area contributed by atoms with Gasteiger partial charge < -0.3 is 9.88 Å². The molecule has 0 radical (unpaired) electrons. The van der Waals surface area contributed by atoms with Crippen LogP contribution in [0.15, 0.2) is 47.5 Å². The van der Waals surface area contributed by atoms with Crippen LogP contribution < -0.4 is 10.9 Å². The average molecular weight is 338 g/mol. The van der Waals surface area contributed by atoms with Crippen molar-refractivity contribution in [2.24, 2.45) is 13.0 Å². The van der Waals surface area contributed by atoms with Gasteiger partial charge in [-0.2, -0.15) is 9.78 Å². The molecule has 0 saturated heterocycles. The first-order valence-electron chi connectivity index (χ1n) is 8.40. The summed E-state index contributed by atoms with van der Waals surface area (Å²) >= 11 is 0. The zero-order chi connectivity index (χ0) is 18.0. The number of benzene rings is 1. The Hall–Kier alpha value is -2.89. The topological polar surface area (TPSA) is 68.9 Å². The molecule has 6 heteroatoms. The number of aromatic nitrogens is 3. The Morgan fingerprint density at radius 2 is 1.92 bits per heavy atom. The minimum absolute atomic E-state index is 0.209. The smallest absolute Gasteiger partial charge is 0.282 e. The standard InChI is InChI=1S/C19H22N4O2/c1-13(2)9-10-20-18(24)15-11-22(3)12-16-17(15)21-23(19(16)25)14-7-5-4-6-8-14/h4-8,11-13H,9-10H2,1-3H3,(H,20,24). The quantitative estimate of drug-likeness (QED) is 0.777. The van der Waals surface area contributed by atoms with Crippen molar-refractivity contribution in [1.29, 1.82) is 0 Å². The predicted octanol–water partition coefficient (Wildman–Crippen LogP) is 2.45. The highest BCUT2D eigenvalue weighted by molar-refractivity contribution is 5.99. The van der Waals surface area contributed by atoms with Gasteiger partial charge in [0.1, 0.15) is 5.69 Å². The van der Waals surface area contributed by atoms with Crippen molar-refractivity contribution in [3.63, 3.8) is 0 Å². The first kappa shape index (κ1) is 17.0. The highest BCUT2D eigenvalue weighted by Crippen LogP contribution is 2.21. The third-order valence-corrected chi connectivity index (χ3v) is 4.05. The van der Waals surface area contributed by atoms with Gasteiger partial charge in [0.25, 0.3) is 11.5 Å². The average Bonchev–Trinajstić information content (AvgIpc) is 2.91. The second-order valence-electron chi connectivity index (χ2n) is 6.59. The lowest BCUT2D eigenvalue weighted by Gasteiger charge is -2.10. The molecular formula is C19H22N4O2. The van der Waals surface area contributed by atoms with Crippen LogP contribution in [0.3, 0.4) is 0 Å². The number of pyridine rings is 1. The number of nitrogens with zero attached hydrogens (tertiary/aromatic N) is 3. The van der Waals surface area contributed by atoms with Crippen molar-refractivity contribution in [2.75, 3.05) is 6.54 Å². The molecule has 25 heavy (non-hydrogen) atoms. The molecule has 130 valence electrons. The summed E-state index contributed by atoms with van der Waals surface area (Å²) in [6, 6.07) is 9.21. The number of hydrogen-bond acceptors (Lipinski definition) is 3. The highest BCUT2D eigenvalue weighted by Gasteiger charge is 2.23. The number of para-hydroxylation sites is 1. The molecule has 0 spiro atoms. The summed E-state index contributed by atoms with van der Waals surface area (Å²) in [5.41, 5.74) is 1.72. The fraction of sp³-hybridized carbons (Fsp3) is 0.316. The van der Waals surface area contributed by atoms with E-state index in [1.807, 2.05) is 30.3 Å². The number of carbonyl (C=O) groups is 1. The van der Waals surface area contributed by atoms with Gasteiger partial charge in [-0.05, 0) is 24.5 Å². The van der Waals surface area contributed by atoms with Gasteiger partial charge in [0.05, 0.1) is 16.8 Å². The van der Waals surface area contributed by atoms with Gasteiger partial charge in [0.15, 0.2) is 0 Å². The van der Waals surface area contributed by atoms with Crippen LogP contribution in [0.25, 0.3) is 16.9 Å². The Labute approximate surface area is 146 Å². The molecular weight excluding hydrogens is 316 g/mol. The van der Waals surface area contributed by atoms with Crippen LogP contribution >= 0.6 is 0 Å². The number of rotatable bonds is 5. The summed E-state index contributed by atoms with van der Waals surface area (Å²) in [7, 11) is 1.80. The molecule has 3 rings (SSSR count). The second kappa shape index (κ2) is 6.93. The lowest BCUT2D eigenvalue weighted by molar-refractivity contribution is 0.0951. The van der Waals surface area contributed by atoms with Crippen LogP contribution in [0.1, 0.15) is 30.6 Å². The monoisotopic (exact) mass is 338 g/mol. The Morgan fingerprint density at radius 3 is 2.60 bits per heavy atom. The molecule has 1 N–H and O–H groups in total. The summed E-state index contributed by atoms with van der Waals surface area (Å²) in [6.45, 7) is 4.82. The summed E-state index contributed by atoms with van der Waals surface area (Å²) in [4.78, 5) is 25.3. The van der Waals surface area contributed by atoms with Crippen molar-refractivity contribution in [2.45, 2.75) is 20.3 Å². The van der Waals surface area contributed by atoms with Gasteiger partial charge in [-0.3, -0.25) is 9.59 Å². The van der Waals surface area contributed by atoms with Crippen LogP contribution in [0.4, 0.5) is 0 Å². The van der Waals surface area contributed by atoms with E-state index in [0.717, 1.165) is 6.42 Å². The molecule has 0 atom stereocenters. The minimum Gasteiger partial charge on any atom is -0.356 e. The molecule has 2 aliphatic heterocycles. The van der Waals surface area contributed by atoms with E-state index in [-0.39, 0.29) is 11.5 Å². The zero-order valence-corrected chi connectivity index (χ0v) is 14.7. The van der Waals surface area contributed by atoms with Crippen LogP contribution in [0, 0.1) is 5.92 Å². The fourth-order valence-electron chi connectivity index (χ4n) is 2.72. The van der Waals surface area contributed by atoms with E-state index in [1.54, 1.807) is 24.0 Å². The fourth-order valence-corrected chi connectivity index (χ4v) is 2.72. The van der Waals surface area contributed by atoms with Crippen molar-refractivity contribution >= 4 is 5.91 Å². The van der Waals surface area contributed by atoms with Crippen LogP contribution in [-0.2, 0) is 7.05 Å². The number of fused-ring (bicyclic) bond motifs is 1. The molecule has 0 aliphatic carbocycles. The molecule has 2 aliphatic rings. The maximum Gasteiger partial charge on any atom is 0.282 e. The SMILES string of the molecule is CC(C)CCNC(=O)c1cn(C)cc2c(=O)n(-c3ccccc3)nc1-2. The molecule has 0 fully saturated rings. The summed E-state index contributed by atoms with van der Waals surface area (Å²) in [6.07, 6.45) is 4.31. The molecule has 1 aromatic carbocycles. The Kier molecular flexibility index (Phi) is 4.70. The van der Waals surface area contributed by atoms with E-state index >= 15 is 0 Å². The maximum atomic E-state index is 12.7. The van der Waals surface area contributed by atoms with Gasteiger partial charge in [0.2, 0.25) is 0 Å². The molecule has 2 heterocycles. The number of aryl methyl sites for hydroxylation is 1. The van der Waals surface area contributed by atoms with E-state index in [9.17, 15) is 9.59 Å². The third-order valence-electron chi connectivity index (χ3n) is 4.05. The van der Waals surface area contributed by atoms with Crippen LogP contribution in [-0.4, -0.2) is 26.8 Å². The highest BCUT2D eigenvalue weighted by atomic mass is 16.2. The third kappa shape index (κ3) is 3.47. The molecule has 0 aromatic heterocycles. The number of hydrogen-bond donors (Lipinski definition) is 1. The first-order chi connectivity index (χ1) is 12.0. The van der Waals surface area contributed by atoms with Crippen LogP contribution in [0.2, 0.25) is 0 Å². The van der Waals surface area contributed by atoms with Gasteiger partial charge in [-0.1, -0.05) is 32.0 Å². The summed E-state index contributed by atoms with van der Waals surface area (Å²) in [5.74, 6) is 0.303. The molecule has 0 saturated carbocycles. The van der Waals surface area contributed by atoms with E-state index in [4.69, 9.17) is 0 Å². The Bertz CT molecular complexity index is 909. The lowest BCUT2D eigenvalue weighted by Crippen LogP contribution is -2.26. The number of carbonyl (C=O) groups excluding carboxylic acids is 1. The van der Waals surface area contributed by atoms with Crippen molar-refractivity contribution in [3.8, 4) is 16.9 Å². The van der Waals surface area contributed by atoms with Gasteiger partial charge >= 0.3 is 0 Å². The van der Waals surface area contributed by atoms with Gasteiger partial charge in [-0.25, -0.2) is 0 Å². The molecule has 0 bridgehead atoms. The number of nitrogens with one attached hydrogen (secondary N) is 1. The van der Waals surface area contributed by atoms with Crippen molar-refractivity contribution in [3.05, 3.63) is 58.6 Å². The maximum absolute atomic E-state index is 12.7. The second-order valence-corrected chi connectivity index (χ2v) is 6.59. The summed E-state index contributed by atoms with van der Waals surface area (Å²) < 4.78 is 3.06. The zero-order valence-electron chi connectivity index (χ0n) is 14.7. The Morgan fingerprint density at radius 1 is 1.20 bits per heavy atom. The normalized spacial score (nSPS) is 11.2. The van der Waals surface area contributed by atoms with E-state index < -0.39 is 0 Å². The van der Waals surface area contributed by atoms with Gasteiger partial charge in [-0.15, -0.1) is 0 Å². The molecule has 6 nitrogen and oxygen atoms in total. The molecule has 0 unspecified atom stereocenters. The largest absolute Gasteiger partial charge is 0.356 e. The van der Waals surface area contributed by atoms with Crippen molar-refractivity contribution < 1.29 is 4.79 Å². The Balaban J connectivity index is 2.02. The van der Waals surface area contributed by atoms with Gasteiger partial charge in [0, 0.05) is 26.0 Å². The lowest BCUT2D eigenvalue weighted by atomic mass is 10.1. The van der Waals surface area contributed by atoms with E-state index in [1.165, 1.54) is 4.68 Å². The van der Waals surface area contributed by atoms with E-state index in [0.29, 0.717) is 35.0 Å². The number of amides is 1. The minimum atomic E-state index is -0.228. The molecule has 1 aromatic rings. The first-order valence-corrected chi connectivity index (χ1v) is 8.40. The molecule has 1 amide bonds. The van der Waals surface area contributed by atoms with E-state index in [2.05, 4.69) is 24.3 Å². The summed E-state index contributed by atoms with van der Waals surface area (Å²) in [5, 5.41) is 7.33. The van der Waals surface area contributed by atoms with Crippen LogP contribution in [0.5, 0.6) is 0 Å². The van der Waals surface area contributed by atoms with Crippen molar-refractivity contribution in [1.82, 2.24) is 19.7 Å².